The van der Waals surface area contributed by atoms with E-state index >= 15 is 0 Å². The van der Waals surface area contributed by atoms with E-state index in [2.05, 4.69) is 10.2 Å². The third kappa shape index (κ3) is 3.81. The molecular weight excluding hydrogens is 282 g/mol. The molecule has 0 saturated heterocycles. The van der Waals surface area contributed by atoms with Gasteiger partial charge in [0.1, 0.15) is 12.1 Å². The first-order chi connectivity index (χ1) is 9.20. The molecule has 0 unspecified atom stereocenters. The summed E-state index contributed by atoms with van der Waals surface area (Å²) in [6.07, 6.45) is 2.00. The van der Waals surface area contributed by atoms with Gasteiger partial charge in [-0.3, -0.25) is 0 Å². The second kappa shape index (κ2) is 6.73. The van der Waals surface area contributed by atoms with E-state index in [4.69, 9.17) is 11.6 Å². The minimum absolute atomic E-state index is 0.477. The van der Waals surface area contributed by atoms with Crippen LogP contribution in [0.25, 0.3) is 0 Å². The number of aryl methyl sites for hydroxylation is 1. The van der Waals surface area contributed by atoms with Crippen molar-refractivity contribution in [2.45, 2.75) is 23.8 Å². The molecule has 0 N–H and O–H groups in total. The molecule has 6 heteroatoms. The standard InChI is InChI=1S/C13H14ClN3OS/c1-17-12(6-3-7-18)15-16-13(17)19-9-10-4-2-5-11(14)8-10/h2,4-5,7-8H,3,6,9H2,1H3. The molecule has 0 spiro atoms. The summed E-state index contributed by atoms with van der Waals surface area (Å²) >= 11 is 7.55. The maximum atomic E-state index is 10.4. The van der Waals surface area contributed by atoms with E-state index in [1.807, 2.05) is 35.9 Å². The van der Waals surface area contributed by atoms with Gasteiger partial charge in [-0.2, -0.15) is 0 Å². The summed E-state index contributed by atoms with van der Waals surface area (Å²) in [6, 6.07) is 7.76. The zero-order valence-electron chi connectivity index (χ0n) is 10.5. The molecule has 4 nitrogen and oxygen atoms in total. The second-order valence-electron chi connectivity index (χ2n) is 4.08. The summed E-state index contributed by atoms with van der Waals surface area (Å²) in [7, 11) is 1.92. The first-order valence-electron chi connectivity index (χ1n) is 5.90. The number of nitrogens with zero attached hydrogens (tertiary/aromatic N) is 3. The zero-order valence-corrected chi connectivity index (χ0v) is 12.1. The minimum Gasteiger partial charge on any atom is -0.309 e. The van der Waals surface area contributed by atoms with Gasteiger partial charge in [-0.05, 0) is 17.7 Å². The largest absolute Gasteiger partial charge is 0.309 e. The number of benzene rings is 1. The Kier molecular flexibility index (Phi) is 4.99. The van der Waals surface area contributed by atoms with Gasteiger partial charge in [0.05, 0.1) is 0 Å². The van der Waals surface area contributed by atoms with E-state index < -0.39 is 0 Å². The molecule has 1 heterocycles. The van der Waals surface area contributed by atoms with E-state index in [-0.39, 0.29) is 0 Å². The number of carbonyl (C=O) groups is 1. The maximum Gasteiger partial charge on any atom is 0.191 e. The van der Waals surface area contributed by atoms with E-state index in [1.54, 1.807) is 11.8 Å². The summed E-state index contributed by atoms with van der Waals surface area (Å²) in [4.78, 5) is 10.4. The van der Waals surface area contributed by atoms with Gasteiger partial charge in [-0.25, -0.2) is 0 Å². The van der Waals surface area contributed by atoms with E-state index in [0.29, 0.717) is 12.8 Å². The number of carbonyl (C=O) groups excluding carboxylic acids is 1. The maximum absolute atomic E-state index is 10.4. The van der Waals surface area contributed by atoms with Crippen LogP contribution in [-0.2, 0) is 24.0 Å². The summed E-state index contributed by atoms with van der Waals surface area (Å²) in [5, 5.41) is 9.81. The van der Waals surface area contributed by atoms with Gasteiger partial charge < -0.3 is 9.36 Å². The third-order valence-electron chi connectivity index (χ3n) is 2.67. The fourth-order valence-corrected chi connectivity index (χ4v) is 2.74. The van der Waals surface area contributed by atoms with Gasteiger partial charge in [0.25, 0.3) is 0 Å². The van der Waals surface area contributed by atoms with Crippen molar-refractivity contribution in [3.63, 3.8) is 0 Å². The Hall–Kier alpha value is -1.33. The molecule has 0 radical (unpaired) electrons. The topological polar surface area (TPSA) is 47.8 Å². The fourth-order valence-electron chi connectivity index (χ4n) is 1.65. The van der Waals surface area contributed by atoms with Crippen molar-refractivity contribution >= 4 is 29.6 Å². The van der Waals surface area contributed by atoms with Crippen molar-refractivity contribution in [1.29, 1.82) is 0 Å². The average Bonchev–Trinajstić information content (AvgIpc) is 2.75. The molecule has 2 aromatic rings. The quantitative estimate of drug-likeness (QED) is 0.607. The molecular formula is C13H14ClN3OS. The number of halogens is 1. The molecule has 19 heavy (non-hydrogen) atoms. The number of hydrogen-bond donors (Lipinski definition) is 0. The molecule has 0 fully saturated rings. The summed E-state index contributed by atoms with van der Waals surface area (Å²) in [5.41, 5.74) is 1.15. The van der Waals surface area contributed by atoms with Crippen LogP contribution in [0.3, 0.4) is 0 Å². The lowest BCUT2D eigenvalue weighted by Gasteiger charge is -2.03. The van der Waals surface area contributed by atoms with Gasteiger partial charge in [0.15, 0.2) is 5.16 Å². The van der Waals surface area contributed by atoms with Crippen molar-refractivity contribution in [3.05, 3.63) is 40.7 Å². The molecule has 1 aromatic carbocycles. The van der Waals surface area contributed by atoms with Crippen LogP contribution in [0, 0.1) is 0 Å². The Bertz CT molecular complexity index is 571. The first kappa shape index (κ1) is 14.1. The summed E-state index contributed by atoms with van der Waals surface area (Å²) < 4.78 is 1.93. The van der Waals surface area contributed by atoms with Crippen LogP contribution >= 0.6 is 23.4 Å². The van der Waals surface area contributed by atoms with Crippen LogP contribution in [0.1, 0.15) is 17.8 Å². The summed E-state index contributed by atoms with van der Waals surface area (Å²) in [6.45, 7) is 0. The lowest BCUT2D eigenvalue weighted by atomic mass is 10.2. The molecule has 0 saturated carbocycles. The molecule has 0 aliphatic carbocycles. The Balaban J connectivity index is 2.00. The number of rotatable bonds is 6. The number of aldehydes is 1. The van der Waals surface area contributed by atoms with Crippen LogP contribution in [-0.4, -0.2) is 21.1 Å². The molecule has 0 bridgehead atoms. The highest BCUT2D eigenvalue weighted by Gasteiger charge is 2.09. The monoisotopic (exact) mass is 295 g/mol. The summed E-state index contributed by atoms with van der Waals surface area (Å²) in [5.74, 6) is 1.63. The predicted octanol–water partition coefficient (Wildman–Crippen LogP) is 2.89. The lowest BCUT2D eigenvalue weighted by Crippen LogP contribution is -1.99. The Morgan fingerprint density at radius 1 is 1.42 bits per heavy atom. The lowest BCUT2D eigenvalue weighted by molar-refractivity contribution is -0.107. The molecule has 0 amide bonds. The SMILES string of the molecule is Cn1c(CCC=O)nnc1SCc1cccc(Cl)c1. The van der Waals surface area contributed by atoms with Crippen LogP contribution in [0.2, 0.25) is 5.02 Å². The van der Waals surface area contributed by atoms with Gasteiger partial charge in [-0.1, -0.05) is 35.5 Å². The smallest absolute Gasteiger partial charge is 0.191 e. The minimum atomic E-state index is 0.477. The van der Waals surface area contributed by atoms with Crippen molar-refractivity contribution in [3.8, 4) is 0 Å². The van der Waals surface area contributed by atoms with E-state index in [0.717, 1.165) is 33.6 Å². The normalized spacial score (nSPS) is 10.6. The van der Waals surface area contributed by atoms with E-state index in [1.165, 1.54) is 0 Å². The number of hydrogen-bond acceptors (Lipinski definition) is 4. The average molecular weight is 296 g/mol. The highest BCUT2D eigenvalue weighted by atomic mass is 35.5. The Morgan fingerprint density at radius 2 is 2.26 bits per heavy atom. The van der Waals surface area contributed by atoms with E-state index in [9.17, 15) is 4.79 Å². The molecule has 0 aliphatic rings. The molecule has 1 aromatic heterocycles. The van der Waals surface area contributed by atoms with Crippen molar-refractivity contribution in [2.75, 3.05) is 0 Å². The predicted molar refractivity (Wildman–Crippen MR) is 76.4 cm³/mol. The highest BCUT2D eigenvalue weighted by Crippen LogP contribution is 2.22. The van der Waals surface area contributed by atoms with Crippen molar-refractivity contribution in [1.82, 2.24) is 14.8 Å². The first-order valence-corrected chi connectivity index (χ1v) is 7.26. The molecule has 100 valence electrons. The van der Waals surface area contributed by atoms with Gasteiger partial charge in [-0.15, -0.1) is 10.2 Å². The van der Waals surface area contributed by atoms with Crippen molar-refractivity contribution < 1.29 is 4.79 Å². The zero-order chi connectivity index (χ0) is 13.7. The third-order valence-corrected chi connectivity index (χ3v) is 3.99. The Labute approximate surface area is 121 Å². The van der Waals surface area contributed by atoms with Gasteiger partial charge >= 0.3 is 0 Å². The van der Waals surface area contributed by atoms with Crippen molar-refractivity contribution in [2.24, 2.45) is 7.05 Å². The fraction of sp³-hybridized carbons (Fsp3) is 0.308. The van der Waals surface area contributed by atoms with Crippen LogP contribution in [0.5, 0.6) is 0 Å². The molecule has 0 atom stereocenters. The second-order valence-corrected chi connectivity index (χ2v) is 5.46. The van der Waals surface area contributed by atoms with Crippen LogP contribution in [0.15, 0.2) is 29.4 Å². The van der Waals surface area contributed by atoms with Gasteiger partial charge in [0, 0.05) is 30.7 Å². The number of thioether (sulfide) groups is 1. The van der Waals surface area contributed by atoms with Crippen LogP contribution in [0.4, 0.5) is 0 Å². The molecule has 0 aliphatic heterocycles. The highest BCUT2D eigenvalue weighted by molar-refractivity contribution is 7.98. The Morgan fingerprint density at radius 3 is 3.00 bits per heavy atom. The van der Waals surface area contributed by atoms with Gasteiger partial charge in [0.2, 0.25) is 0 Å². The number of aromatic nitrogens is 3. The van der Waals surface area contributed by atoms with Crippen LogP contribution < -0.4 is 0 Å². The molecule has 2 rings (SSSR count).